The van der Waals surface area contributed by atoms with Crippen LogP contribution in [0.15, 0.2) is 48.5 Å². The number of anilines is 2. The van der Waals surface area contributed by atoms with Crippen LogP contribution < -0.4 is 15.6 Å². The van der Waals surface area contributed by atoms with E-state index in [0.717, 1.165) is 0 Å². The van der Waals surface area contributed by atoms with E-state index in [1.54, 1.807) is 24.3 Å². The molecule has 1 aliphatic rings. The average Bonchev–Trinajstić information content (AvgIpc) is 2.79. The van der Waals surface area contributed by atoms with Crippen molar-refractivity contribution in [3.05, 3.63) is 54.1 Å². The summed E-state index contributed by atoms with van der Waals surface area (Å²) in [5, 5.41) is 41.3. The maximum Gasteiger partial charge on any atom is 0.411 e. The molecule has 1 heterocycles. The Balaban J connectivity index is 1.50. The van der Waals surface area contributed by atoms with Crippen LogP contribution in [0.5, 0.6) is 5.75 Å². The zero-order valence-corrected chi connectivity index (χ0v) is 16.2. The summed E-state index contributed by atoms with van der Waals surface area (Å²) >= 11 is 0. The van der Waals surface area contributed by atoms with E-state index in [9.17, 15) is 29.7 Å². The van der Waals surface area contributed by atoms with Gasteiger partial charge in [0.25, 0.3) is 0 Å². The van der Waals surface area contributed by atoms with Gasteiger partial charge in [0.2, 0.25) is 6.29 Å². The van der Waals surface area contributed by atoms with E-state index in [1.807, 2.05) is 0 Å². The minimum atomic E-state index is -1.54. The highest BCUT2D eigenvalue weighted by molar-refractivity contribution is 5.84. The average molecular weight is 438 g/mol. The SMILES string of the molecule is O=C(Nc1ccc(NF)cc1)OCc1ccc(O[C@@H]2OC(CO)[C@H](O)C(O)[C@H]2O)cc1. The molecule has 0 saturated carbocycles. The van der Waals surface area contributed by atoms with Gasteiger partial charge in [-0.3, -0.25) is 5.32 Å². The number of ether oxygens (including phenoxy) is 3. The molecule has 31 heavy (non-hydrogen) atoms. The summed E-state index contributed by atoms with van der Waals surface area (Å²) in [5.74, 6) is 0.291. The van der Waals surface area contributed by atoms with Gasteiger partial charge >= 0.3 is 6.09 Å². The van der Waals surface area contributed by atoms with Crippen LogP contribution in [0.4, 0.5) is 20.7 Å². The first-order valence-corrected chi connectivity index (χ1v) is 9.38. The quantitative estimate of drug-likeness (QED) is 0.347. The monoisotopic (exact) mass is 438 g/mol. The summed E-state index contributed by atoms with van der Waals surface area (Å²) < 4.78 is 28.1. The zero-order valence-electron chi connectivity index (χ0n) is 16.2. The van der Waals surface area contributed by atoms with Crippen molar-refractivity contribution in [1.29, 1.82) is 0 Å². The topological polar surface area (TPSA) is 150 Å². The number of benzene rings is 2. The van der Waals surface area contributed by atoms with Crippen LogP contribution in [0.25, 0.3) is 0 Å². The standard InChI is InChI=1S/C20H23FN2O8/c21-23-13-5-3-12(4-6-13)22-20(28)29-10-11-1-7-14(8-2-11)30-19-18(27)17(26)16(25)15(9-24)31-19/h1-8,15-19,23-27H,9-10H2,(H,22,28)/t15?,16-,17?,18+,19+/m0/s1. The van der Waals surface area contributed by atoms with Gasteiger partial charge in [0, 0.05) is 5.69 Å². The van der Waals surface area contributed by atoms with Gasteiger partial charge in [-0.25, -0.2) is 10.3 Å². The number of hydrogen-bond acceptors (Lipinski definition) is 9. The first kappa shape index (κ1) is 22.7. The molecule has 0 radical (unpaired) electrons. The fourth-order valence-electron chi connectivity index (χ4n) is 2.88. The lowest BCUT2D eigenvalue weighted by Crippen LogP contribution is -2.60. The van der Waals surface area contributed by atoms with Gasteiger partial charge in [-0.1, -0.05) is 12.1 Å². The van der Waals surface area contributed by atoms with Crippen molar-refractivity contribution in [3.8, 4) is 5.75 Å². The first-order chi connectivity index (χ1) is 14.9. The molecule has 3 rings (SSSR count). The van der Waals surface area contributed by atoms with E-state index in [2.05, 4.69) is 5.32 Å². The maximum absolute atomic E-state index is 12.3. The molecule has 0 bridgehead atoms. The number of halogens is 1. The molecule has 0 spiro atoms. The van der Waals surface area contributed by atoms with E-state index < -0.39 is 43.4 Å². The number of aliphatic hydroxyl groups excluding tert-OH is 4. The Morgan fingerprint density at radius 2 is 1.61 bits per heavy atom. The first-order valence-electron chi connectivity index (χ1n) is 9.38. The second-order valence-electron chi connectivity index (χ2n) is 6.83. The molecular formula is C20H23FN2O8. The van der Waals surface area contributed by atoms with E-state index in [1.165, 1.54) is 29.8 Å². The summed E-state index contributed by atoms with van der Waals surface area (Å²) in [7, 11) is 0. The smallest absolute Gasteiger partial charge is 0.411 e. The van der Waals surface area contributed by atoms with Gasteiger partial charge in [0.1, 0.15) is 36.8 Å². The summed E-state index contributed by atoms with van der Waals surface area (Å²) in [6, 6.07) is 12.2. The van der Waals surface area contributed by atoms with Crippen molar-refractivity contribution in [2.45, 2.75) is 37.3 Å². The highest BCUT2D eigenvalue weighted by Gasteiger charge is 2.44. The predicted octanol–water partition coefficient (Wildman–Crippen LogP) is 0.910. The van der Waals surface area contributed by atoms with Crippen LogP contribution in [-0.2, 0) is 16.1 Å². The van der Waals surface area contributed by atoms with Gasteiger partial charge in [-0.2, -0.15) is 0 Å². The molecule has 0 aromatic heterocycles. The van der Waals surface area contributed by atoms with Gasteiger partial charge in [-0.15, -0.1) is 4.48 Å². The van der Waals surface area contributed by atoms with Crippen molar-refractivity contribution >= 4 is 17.5 Å². The molecular weight excluding hydrogens is 415 g/mol. The summed E-state index contributed by atoms with van der Waals surface area (Å²) in [4.78, 5) is 11.9. The molecule has 2 unspecified atom stereocenters. The van der Waals surface area contributed by atoms with Crippen molar-refractivity contribution in [1.82, 2.24) is 0 Å². The third-order valence-electron chi connectivity index (χ3n) is 4.63. The molecule has 1 aliphatic heterocycles. The van der Waals surface area contributed by atoms with Gasteiger partial charge < -0.3 is 34.6 Å². The predicted molar refractivity (Wildman–Crippen MR) is 106 cm³/mol. The Kier molecular flexibility index (Phi) is 7.60. The zero-order chi connectivity index (χ0) is 22.4. The minimum absolute atomic E-state index is 0.0315. The number of carbonyl (C=O) groups is 1. The highest BCUT2D eigenvalue weighted by Crippen LogP contribution is 2.24. The molecule has 2 aromatic carbocycles. The number of nitrogens with one attached hydrogen (secondary N) is 2. The Labute approximate surface area is 176 Å². The van der Waals surface area contributed by atoms with Crippen molar-refractivity contribution in [2.75, 3.05) is 17.5 Å². The van der Waals surface area contributed by atoms with Crippen molar-refractivity contribution in [3.63, 3.8) is 0 Å². The summed E-state index contributed by atoms with van der Waals surface area (Å²) in [6.45, 7) is -0.587. The Bertz CT molecular complexity index is 849. The number of rotatable bonds is 7. The molecule has 2 aromatic rings. The van der Waals surface area contributed by atoms with E-state index in [-0.39, 0.29) is 12.3 Å². The minimum Gasteiger partial charge on any atom is -0.462 e. The molecule has 10 nitrogen and oxygen atoms in total. The Morgan fingerprint density at radius 3 is 2.23 bits per heavy atom. The van der Waals surface area contributed by atoms with Crippen LogP contribution in [0.1, 0.15) is 5.56 Å². The van der Waals surface area contributed by atoms with Gasteiger partial charge in [0.15, 0.2) is 0 Å². The van der Waals surface area contributed by atoms with E-state index in [4.69, 9.17) is 14.2 Å². The molecule has 5 atom stereocenters. The van der Waals surface area contributed by atoms with E-state index >= 15 is 0 Å². The van der Waals surface area contributed by atoms with Crippen molar-refractivity contribution < 1.29 is 43.9 Å². The Hall–Kier alpha value is -2.96. The van der Waals surface area contributed by atoms with Crippen LogP contribution in [0, 0.1) is 0 Å². The Morgan fingerprint density at radius 1 is 0.968 bits per heavy atom. The lowest BCUT2D eigenvalue weighted by molar-refractivity contribution is -0.277. The lowest BCUT2D eigenvalue weighted by Gasteiger charge is -2.39. The number of hydrogen-bond donors (Lipinski definition) is 6. The molecule has 1 saturated heterocycles. The van der Waals surface area contributed by atoms with Crippen LogP contribution in [-0.4, -0.2) is 63.8 Å². The van der Waals surface area contributed by atoms with Crippen LogP contribution in [0.2, 0.25) is 0 Å². The second kappa shape index (κ2) is 10.4. The normalized spacial score (nSPS) is 25.5. The third kappa shape index (κ3) is 5.81. The largest absolute Gasteiger partial charge is 0.462 e. The van der Waals surface area contributed by atoms with Gasteiger partial charge in [0.05, 0.1) is 12.3 Å². The fraction of sp³-hybridized carbons (Fsp3) is 0.350. The maximum atomic E-state index is 12.3. The van der Waals surface area contributed by atoms with Crippen molar-refractivity contribution in [2.24, 2.45) is 0 Å². The molecule has 11 heteroatoms. The van der Waals surface area contributed by atoms with Crippen LogP contribution in [0.3, 0.4) is 0 Å². The second-order valence-corrected chi connectivity index (χ2v) is 6.83. The van der Waals surface area contributed by atoms with Crippen LogP contribution >= 0.6 is 0 Å². The molecule has 1 fully saturated rings. The lowest BCUT2D eigenvalue weighted by atomic mass is 9.99. The van der Waals surface area contributed by atoms with Gasteiger partial charge in [-0.05, 0) is 42.0 Å². The summed E-state index contributed by atoms with van der Waals surface area (Å²) in [5.41, 5.74) is 2.82. The third-order valence-corrected chi connectivity index (χ3v) is 4.63. The molecule has 168 valence electrons. The molecule has 6 N–H and O–H groups in total. The number of aliphatic hydroxyl groups is 4. The molecule has 0 aliphatic carbocycles. The highest BCUT2D eigenvalue weighted by atomic mass is 19.2. The van der Waals surface area contributed by atoms with E-state index in [0.29, 0.717) is 17.0 Å². The number of amides is 1. The fourth-order valence-corrected chi connectivity index (χ4v) is 2.88. The number of carbonyl (C=O) groups excluding carboxylic acids is 1. The summed E-state index contributed by atoms with van der Waals surface area (Å²) in [6.07, 6.45) is -7.57. The molecule has 1 amide bonds.